The molecule has 0 aliphatic rings. The molecule has 0 unspecified atom stereocenters. The summed E-state index contributed by atoms with van der Waals surface area (Å²) >= 11 is 1.64. The van der Waals surface area contributed by atoms with Crippen molar-refractivity contribution in [3.63, 3.8) is 0 Å². The Morgan fingerprint density at radius 2 is 2.00 bits per heavy atom. The van der Waals surface area contributed by atoms with Crippen molar-refractivity contribution in [3.8, 4) is 10.7 Å². The smallest absolute Gasteiger partial charge is 0.191 e. The maximum absolute atomic E-state index is 4.45. The molecular formula is C13H12N4S. The number of nitrogens with one attached hydrogen (secondary N) is 2. The Bertz CT molecular complexity index is 601. The van der Waals surface area contributed by atoms with Crippen LogP contribution >= 0.6 is 11.3 Å². The Labute approximate surface area is 109 Å². The van der Waals surface area contributed by atoms with Gasteiger partial charge < -0.3 is 5.32 Å². The van der Waals surface area contributed by atoms with Gasteiger partial charge in [-0.1, -0.05) is 24.3 Å². The molecule has 2 aromatic heterocycles. The van der Waals surface area contributed by atoms with Crippen molar-refractivity contribution >= 4 is 17.0 Å². The first kappa shape index (κ1) is 11.0. The van der Waals surface area contributed by atoms with Gasteiger partial charge in [-0.2, -0.15) is 5.10 Å². The molecular weight excluding hydrogens is 244 g/mol. The van der Waals surface area contributed by atoms with E-state index in [1.54, 1.807) is 11.3 Å². The summed E-state index contributed by atoms with van der Waals surface area (Å²) in [6.07, 6.45) is 0. The zero-order valence-corrected chi connectivity index (χ0v) is 10.4. The normalized spacial score (nSPS) is 10.4. The van der Waals surface area contributed by atoms with Crippen molar-refractivity contribution in [2.75, 3.05) is 5.32 Å². The van der Waals surface area contributed by atoms with Crippen LogP contribution in [0.2, 0.25) is 0 Å². The fraction of sp³-hybridized carbons (Fsp3) is 0.0769. The maximum Gasteiger partial charge on any atom is 0.191 e. The number of thiophene rings is 1. The van der Waals surface area contributed by atoms with Gasteiger partial charge in [0.15, 0.2) is 5.82 Å². The monoisotopic (exact) mass is 256 g/mol. The van der Waals surface area contributed by atoms with Crippen LogP contribution in [0.5, 0.6) is 0 Å². The molecule has 3 rings (SSSR count). The summed E-state index contributed by atoms with van der Waals surface area (Å²) in [6, 6.07) is 14.1. The predicted octanol–water partition coefficient (Wildman–Crippen LogP) is 3.15. The molecule has 18 heavy (non-hydrogen) atoms. The fourth-order valence-corrected chi connectivity index (χ4v) is 2.29. The van der Waals surface area contributed by atoms with Crippen LogP contribution in [0, 0.1) is 0 Å². The van der Waals surface area contributed by atoms with Crippen molar-refractivity contribution in [1.82, 2.24) is 15.2 Å². The Balaban J connectivity index is 1.68. The second kappa shape index (κ2) is 5.01. The van der Waals surface area contributed by atoms with Gasteiger partial charge in [0, 0.05) is 5.69 Å². The fourth-order valence-electron chi connectivity index (χ4n) is 1.63. The van der Waals surface area contributed by atoms with Crippen LogP contribution in [0.25, 0.3) is 10.7 Å². The summed E-state index contributed by atoms with van der Waals surface area (Å²) in [5, 5.41) is 12.5. The molecule has 1 aromatic carbocycles. The van der Waals surface area contributed by atoms with E-state index in [0.717, 1.165) is 22.2 Å². The van der Waals surface area contributed by atoms with E-state index >= 15 is 0 Å². The van der Waals surface area contributed by atoms with E-state index in [4.69, 9.17) is 0 Å². The molecule has 0 spiro atoms. The highest BCUT2D eigenvalue weighted by atomic mass is 32.1. The number of anilines is 1. The van der Waals surface area contributed by atoms with E-state index in [2.05, 4.69) is 20.5 Å². The lowest BCUT2D eigenvalue weighted by Gasteiger charge is -2.02. The molecule has 4 nitrogen and oxygen atoms in total. The number of aromatic nitrogens is 3. The summed E-state index contributed by atoms with van der Waals surface area (Å²) in [4.78, 5) is 5.53. The van der Waals surface area contributed by atoms with E-state index in [0.29, 0.717) is 6.54 Å². The number of hydrogen-bond donors (Lipinski definition) is 2. The zero-order valence-electron chi connectivity index (χ0n) is 9.63. The summed E-state index contributed by atoms with van der Waals surface area (Å²) in [5.41, 5.74) is 1.08. The van der Waals surface area contributed by atoms with Gasteiger partial charge in [-0.15, -0.1) is 11.3 Å². The van der Waals surface area contributed by atoms with Gasteiger partial charge in [-0.05, 0) is 23.6 Å². The second-order valence-corrected chi connectivity index (χ2v) is 4.75. The topological polar surface area (TPSA) is 53.6 Å². The van der Waals surface area contributed by atoms with Crippen molar-refractivity contribution in [2.24, 2.45) is 0 Å². The van der Waals surface area contributed by atoms with E-state index in [1.165, 1.54) is 0 Å². The SMILES string of the molecule is c1ccc(NCc2nc(-c3cccs3)n[nH]2)cc1. The van der Waals surface area contributed by atoms with Crippen LogP contribution in [0.15, 0.2) is 47.8 Å². The van der Waals surface area contributed by atoms with Crippen LogP contribution in [0.1, 0.15) is 5.82 Å². The average molecular weight is 256 g/mol. The number of nitrogens with zero attached hydrogens (tertiary/aromatic N) is 2. The summed E-state index contributed by atoms with van der Waals surface area (Å²) in [5.74, 6) is 1.59. The molecule has 0 bridgehead atoms. The van der Waals surface area contributed by atoms with Crippen LogP contribution in [0.3, 0.4) is 0 Å². The Morgan fingerprint density at radius 1 is 1.11 bits per heavy atom. The van der Waals surface area contributed by atoms with Crippen molar-refractivity contribution < 1.29 is 0 Å². The third kappa shape index (κ3) is 2.41. The van der Waals surface area contributed by atoms with Gasteiger partial charge in [0.2, 0.25) is 0 Å². The molecule has 5 heteroatoms. The minimum absolute atomic E-state index is 0.641. The largest absolute Gasteiger partial charge is 0.378 e. The molecule has 3 aromatic rings. The molecule has 0 saturated carbocycles. The molecule has 0 fully saturated rings. The van der Waals surface area contributed by atoms with E-state index < -0.39 is 0 Å². The van der Waals surface area contributed by atoms with E-state index in [9.17, 15) is 0 Å². The Kier molecular flexibility index (Phi) is 3.06. The van der Waals surface area contributed by atoms with Gasteiger partial charge in [-0.25, -0.2) is 4.98 Å². The first-order valence-corrected chi connectivity index (χ1v) is 6.54. The molecule has 2 heterocycles. The van der Waals surface area contributed by atoms with Crippen LogP contribution in [-0.4, -0.2) is 15.2 Å². The summed E-state index contributed by atoms with van der Waals surface area (Å²) in [6.45, 7) is 0.641. The molecule has 0 aliphatic heterocycles. The number of aromatic amines is 1. The molecule has 0 aliphatic carbocycles. The predicted molar refractivity (Wildman–Crippen MR) is 73.5 cm³/mol. The van der Waals surface area contributed by atoms with Crippen LogP contribution in [0.4, 0.5) is 5.69 Å². The molecule has 0 amide bonds. The van der Waals surface area contributed by atoms with Gasteiger partial charge in [-0.3, -0.25) is 5.10 Å². The number of rotatable bonds is 4. The van der Waals surface area contributed by atoms with Crippen molar-refractivity contribution in [1.29, 1.82) is 0 Å². The highest BCUT2D eigenvalue weighted by molar-refractivity contribution is 7.13. The first-order chi connectivity index (χ1) is 8.92. The van der Waals surface area contributed by atoms with Crippen molar-refractivity contribution in [3.05, 3.63) is 53.7 Å². The highest BCUT2D eigenvalue weighted by Crippen LogP contribution is 2.20. The summed E-state index contributed by atoms with van der Waals surface area (Å²) < 4.78 is 0. The lowest BCUT2D eigenvalue weighted by atomic mass is 10.3. The van der Waals surface area contributed by atoms with Gasteiger partial charge in [0.05, 0.1) is 11.4 Å². The lowest BCUT2D eigenvalue weighted by Crippen LogP contribution is -2.00. The van der Waals surface area contributed by atoms with E-state index in [-0.39, 0.29) is 0 Å². The molecule has 2 N–H and O–H groups in total. The number of para-hydroxylation sites is 1. The quantitative estimate of drug-likeness (QED) is 0.754. The van der Waals surface area contributed by atoms with Gasteiger partial charge in [0.1, 0.15) is 5.82 Å². The molecule has 0 radical (unpaired) electrons. The second-order valence-electron chi connectivity index (χ2n) is 3.80. The Morgan fingerprint density at radius 3 is 2.78 bits per heavy atom. The molecule has 0 saturated heterocycles. The molecule has 0 atom stereocenters. The zero-order chi connectivity index (χ0) is 12.2. The number of H-pyrrole nitrogens is 1. The lowest BCUT2D eigenvalue weighted by molar-refractivity contribution is 0.955. The average Bonchev–Trinajstić information content (AvgIpc) is 3.08. The summed E-state index contributed by atoms with van der Waals surface area (Å²) in [7, 11) is 0. The third-order valence-corrected chi connectivity index (χ3v) is 3.37. The maximum atomic E-state index is 4.45. The third-order valence-electron chi connectivity index (χ3n) is 2.51. The van der Waals surface area contributed by atoms with Crippen LogP contribution in [-0.2, 0) is 6.54 Å². The Hall–Kier alpha value is -2.14. The number of hydrogen-bond acceptors (Lipinski definition) is 4. The first-order valence-electron chi connectivity index (χ1n) is 5.66. The van der Waals surface area contributed by atoms with Gasteiger partial charge in [0.25, 0.3) is 0 Å². The minimum Gasteiger partial charge on any atom is -0.378 e. The number of benzene rings is 1. The highest BCUT2D eigenvalue weighted by Gasteiger charge is 2.06. The minimum atomic E-state index is 0.641. The van der Waals surface area contributed by atoms with Crippen LogP contribution < -0.4 is 5.32 Å². The molecule has 90 valence electrons. The standard InChI is InChI=1S/C13H12N4S/c1-2-5-10(6-3-1)14-9-12-15-13(17-16-12)11-7-4-8-18-11/h1-8,14H,9H2,(H,15,16,17). The van der Waals surface area contributed by atoms with Gasteiger partial charge >= 0.3 is 0 Å². The van der Waals surface area contributed by atoms with E-state index in [1.807, 2.05) is 47.8 Å². The van der Waals surface area contributed by atoms with Crippen molar-refractivity contribution in [2.45, 2.75) is 6.54 Å².